The number of rotatable bonds is 5. The normalized spacial score (nSPS) is 14.6. The minimum absolute atomic E-state index is 0.296. The summed E-state index contributed by atoms with van der Waals surface area (Å²) in [5.41, 5.74) is 9.17. The second-order valence-corrected chi connectivity index (χ2v) is 11.8. The van der Waals surface area contributed by atoms with Gasteiger partial charge in [0, 0.05) is 27.5 Å². The van der Waals surface area contributed by atoms with Crippen molar-refractivity contribution in [2.45, 2.75) is 6.17 Å². The molecule has 0 radical (unpaired) electrons. The Balaban J connectivity index is 1.29. The predicted molar refractivity (Wildman–Crippen MR) is 194 cm³/mol. The number of furan rings is 1. The van der Waals surface area contributed by atoms with Crippen molar-refractivity contribution in [1.29, 1.82) is 0 Å². The van der Waals surface area contributed by atoms with Crippen LogP contribution in [0.4, 0.5) is 0 Å². The van der Waals surface area contributed by atoms with Crippen LogP contribution in [0, 0.1) is 0 Å². The van der Waals surface area contributed by atoms with Crippen molar-refractivity contribution < 1.29 is 4.42 Å². The van der Waals surface area contributed by atoms with Crippen LogP contribution < -0.4 is 5.32 Å². The number of amidine groups is 2. The number of hydrogen-bond donors (Lipinski definition) is 1. The maximum absolute atomic E-state index is 6.83. The zero-order chi connectivity index (χ0) is 31.2. The SMILES string of the molecule is c1ccc(C2=NC(c3ccccc3)NC(c3ccc(-c4cccc(-c5ccccc5)c4)c4oc5cc6ccccc6cc5c34)=N2)cc1. The molecule has 1 aromatic heterocycles. The van der Waals surface area contributed by atoms with Crippen LogP contribution in [-0.2, 0) is 0 Å². The van der Waals surface area contributed by atoms with Gasteiger partial charge in [-0.2, -0.15) is 0 Å². The van der Waals surface area contributed by atoms with Gasteiger partial charge in [0.1, 0.15) is 23.2 Å². The van der Waals surface area contributed by atoms with Gasteiger partial charge in [0.25, 0.3) is 0 Å². The number of benzene rings is 7. The first-order valence-corrected chi connectivity index (χ1v) is 15.9. The minimum atomic E-state index is -0.296. The van der Waals surface area contributed by atoms with E-state index in [9.17, 15) is 0 Å². The third kappa shape index (κ3) is 4.88. The molecule has 222 valence electrons. The molecule has 1 aliphatic rings. The van der Waals surface area contributed by atoms with Gasteiger partial charge in [-0.25, -0.2) is 9.98 Å². The van der Waals surface area contributed by atoms with Gasteiger partial charge < -0.3 is 9.73 Å². The maximum Gasteiger partial charge on any atom is 0.159 e. The topological polar surface area (TPSA) is 49.9 Å². The Morgan fingerprint density at radius 3 is 1.89 bits per heavy atom. The Bertz CT molecular complexity index is 2480. The molecule has 4 heteroatoms. The predicted octanol–water partition coefficient (Wildman–Crippen LogP) is 10.6. The van der Waals surface area contributed by atoms with E-state index < -0.39 is 0 Å². The fourth-order valence-corrected chi connectivity index (χ4v) is 6.60. The molecule has 2 heterocycles. The van der Waals surface area contributed by atoms with E-state index in [-0.39, 0.29) is 6.17 Å². The molecule has 7 aromatic carbocycles. The Labute approximate surface area is 272 Å². The van der Waals surface area contributed by atoms with Gasteiger partial charge in [-0.1, -0.05) is 133 Å². The summed E-state index contributed by atoms with van der Waals surface area (Å²) in [6.07, 6.45) is -0.296. The molecule has 9 rings (SSSR count). The smallest absolute Gasteiger partial charge is 0.159 e. The molecular formula is C43H29N3O. The molecule has 0 saturated heterocycles. The van der Waals surface area contributed by atoms with Crippen LogP contribution in [0.3, 0.4) is 0 Å². The van der Waals surface area contributed by atoms with Gasteiger partial charge in [-0.05, 0) is 63.4 Å². The van der Waals surface area contributed by atoms with Gasteiger partial charge in [-0.3, -0.25) is 0 Å². The van der Waals surface area contributed by atoms with Crippen molar-refractivity contribution >= 4 is 44.4 Å². The Kier molecular flexibility index (Phi) is 6.50. The quantitative estimate of drug-likeness (QED) is 0.213. The van der Waals surface area contributed by atoms with Gasteiger partial charge in [0.05, 0.1) is 0 Å². The molecule has 0 bridgehead atoms. The standard InChI is InChI=1S/C43H29N3O/c1-4-13-28(14-5-1)31-21-12-22-34(25-31)35-23-24-36(39-37-26-32-19-10-11-20-33(32)27-38(37)47-40(35)39)43-45-41(29-15-6-2-7-16-29)44-42(46-43)30-17-8-3-9-18-30/h1-27,41H,(H,44,45,46). The first-order chi connectivity index (χ1) is 23.3. The van der Waals surface area contributed by atoms with Gasteiger partial charge >= 0.3 is 0 Å². The van der Waals surface area contributed by atoms with Crippen LogP contribution in [0.25, 0.3) is 55.0 Å². The summed E-state index contributed by atoms with van der Waals surface area (Å²) in [7, 11) is 0. The highest BCUT2D eigenvalue weighted by Gasteiger charge is 2.25. The van der Waals surface area contributed by atoms with Crippen LogP contribution in [0.15, 0.2) is 178 Å². The molecule has 4 nitrogen and oxygen atoms in total. The Morgan fingerprint density at radius 2 is 1.13 bits per heavy atom. The Hall–Kier alpha value is -6.26. The molecular weight excluding hydrogens is 574 g/mol. The average molecular weight is 604 g/mol. The summed E-state index contributed by atoms with van der Waals surface area (Å²) >= 11 is 0. The van der Waals surface area contributed by atoms with E-state index in [0.29, 0.717) is 5.84 Å². The molecule has 1 atom stereocenters. The molecule has 1 N–H and O–H groups in total. The van der Waals surface area contributed by atoms with Crippen LogP contribution in [0.2, 0.25) is 0 Å². The molecule has 1 unspecified atom stereocenters. The molecule has 0 aliphatic carbocycles. The van der Waals surface area contributed by atoms with E-state index in [1.54, 1.807) is 0 Å². The maximum atomic E-state index is 6.83. The molecule has 47 heavy (non-hydrogen) atoms. The van der Waals surface area contributed by atoms with E-state index in [1.165, 1.54) is 5.56 Å². The highest BCUT2D eigenvalue weighted by molar-refractivity contribution is 6.24. The summed E-state index contributed by atoms with van der Waals surface area (Å²) < 4.78 is 6.83. The largest absolute Gasteiger partial charge is 0.455 e. The molecule has 1 aliphatic heterocycles. The summed E-state index contributed by atoms with van der Waals surface area (Å²) in [6, 6.07) is 56.9. The number of fused-ring (bicyclic) bond motifs is 4. The highest BCUT2D eigenvalue weighted by atomic mass is 16.3. The summed E-state index contributed by atoms with van der Waals surface area (Å²) in [5.74, 6) is 1.46. The van der Waals surface area contributed by atoms with Crippen molar-refractivity contribution in [2.75, 3.05) is 0 Å². The molecule has 0 spiro atoms. The average Bonchev–Trinajstić information content (AvgIpc) is 3.52. The lowest BCUT2D eigenvalue weighted by molar-refractivity contribution is 0.669. The first-order valence-electron chi connectivity index (χ1n) is 15.9. The van der Waals surface area contributed by atoms with E-state index in [0.717, 1.165) is 71.9 Å². The number of aliphatic imine (C=N–C) groups is 2. The number of nitrogens with one attached hydrogen (secondary N) is 1. The van der Waals surface area contributed by atoms with Crippen LogP contribution >= 0.6 is 0 Å². The monoisotopic (exact) mass is 603 g/mol. The van der Waals surface area contributed by atoms with Crippen molar-refractivity contribution in [1.82, 2.24) is 5.32 Å². The lowest BCUT2D eigenvalue weighted by Crippen LogP contribution is -2.33. The third-order valence-corrected chi connectivity index (χ3v) is 8.91. The van der Waals surface area contributed by atoms with E-state index >= 15 is 0 Å². The van der Waals surface area contributed by atoms with Crippen LogP contribution in [0.1, 0.15) is 22.9 Å². The lowest BCUT2D eigenvalue weighted by Gasteiger charge is -2.24. The summed E-state index contributed by atoms with van der Waals surface area (Å²) in [5, 5.41) is 8.07. The van der Waals surface area contributed by atoms with E-state index in [4.69, 9.17) is 14.4 Å². The van der Waals surface area contributed by atoms with Gasteiger partial charge in [0.15, 0.2) is 5.84 Å². The third-order valence-electron chi connectivity index (χ3n) is 8.91. The minimum Gasteiger partial charge on any atom is -0.455 e. The highest BCUT2D eigenvalue weighted by Crippen LogP contribution is 2.41. The second kappa shape index (κ2) is 11.3. The summed E-state index contributed by atoms with van der Waals surface area (Å²) in [6.45, 7) is 0. The number of hydrogen-bond acceptors (Lipinski definition) is 4. The summed E-state index contributed by atoms with van der Waals surface area (Å²) in [4.78, 5) is 10.2. The van der Waals surface area contributed by atoms with E-state index in [2.05, 4.69) is 127 Å². The van der Waals surface area contributed by atoms with Crippen molar-refractivity contribution in [3.8, 4) is 22.3 Å². The van der Waals surface area contributed by atoms with Crippen molar-refractivity contribution in [3.05, 3.63) is 180 Å². The fraction of sp³-hybridized carbons (Fsp3) is 0.0233. The molecule has 0 amide bonds. The van der Waals surface area contributed by atoms with Gasteiger partial charge in [0.2, 0.25) is 0 Å². The second-order valence-electron chi connectivity index (χ2n) is 11.8. The van der Waals surface area contributed by atoms with Crippen molar-refractivity contribution in [3.63, 3.8) is 0 Å². The van der Waals surface area contributed by atoms with Crippen LogP contribution in [0.5, 0.6) is 0 Å². The van der Waals surface area contributed by atoms with Crippen molar-refractivity contribution in [2.24, 2.45) is 9.98 Å². The number of nitrogens with zero attached hydrogens (tertiary/aromatic N) is 2. The first kappa shape index (κ1) is 27.1. The zero-order valence-corrected chi connectivity index (χ0v) is 25.5. The molecule has 0 fully saturated rings. The lowest BCUT2D eigenvalue weighted by atomic mass is 9.94. The zero-order valence-electron chi connectivity index (χ0n) is 25.5. The Morgan fingerprint density at radius 1 is 0.511 bits per heavy atom. The van der Waals surface area contributed by atoms with Crippen LogP contribution in [-0.4, -0.2) is 11.7 Å². The molecule has 0 saturated carbocycles. The van der Waals surface area contributed by atoms with E-state index in [1.807, 2.05) is 42.5 Å². The molecule has 8 aromatic rings. The van der Waals surface area contributed by atoms with Gasteiger partial charge in [-0.15, -0.1) is 0 Å². The fourth-order valence-electron chi connectivity index (χ4n) is 6.60.